The van der Waals surface area contributed by atoms with Crippen LogP contribution >= 0.6 is 22.9 Å². The predicted octanol–water partition coefficient (Wildman–Crippen LogP) is 5.12. The largest absolute Gasteiger partial charge is 0.497 e. The number of amides is 1. The Hall–Kier alpha value is -2.31. The molecule has 28 heavy (non-hydrogen) atoms. The number of aryl methyl sites for hydroxylation is 1. The number of thiazole rings is 1. The van der Waals surface area contributed by atoms with Gasteiger partial charge in [-0.25, -0.2) is 4.98 Å². The van der Waals surface area contributed by atoms with Crippen LogP contribution in [0.4, 0.5) is 10.8 Å². The zero-order valence-electron chi connectivity index (χ0n) is 15.9. The van der Waals surface area contributed by atoms with E-state index in [1.807, 2.05) is 37.3 Å². The lowest BCUT2D eigenvalue weighted by Gasteiger charge is -2.31. The minimum absolute atomic E-state index is 0.00537. The highest BCUT2D eigenvalue weighted by molar-refractivity contribution is 7.22. The number of hydrogen-bond acceptors (Lipinski definition) is 5. The van der Waals surface area contributed by atoms with Crippen LogP contribution in [0, 0.1) is 12.8 Å². The van der Waals surface area contributed by atoms with Gasteiger partial charge in [-0.15, -0.1) is 0 Å². The van der Waals surface area contributed by atoms with Crippen molar-refractivity contribution in [2.75, 3.05) is 30.4 Å². The summed E-state index contributed by atoms with van der Waals surface area (Å²) in [5.74, 6) is 0.911. The number of anilines is 2. The number of piperidine rings is 1. The summed E-state index contributed by atoms with van der Waals surface area (Å²) in [4.78, 5) is 19.6. The van der Waals surface area contributed by atoms with Crippen LogP contribution in [-0.4, -0.2) is 31.1 Å². The molecule has 3 aromatic rings. The van der Waals surface area contributed by atoms with E-state index in [-0.39, 0.29) is 11.8 Å². The number of ether oxygens (including phenoxy) is 1. The first kappa shape index (κ1) is 19.0. The molecule has 2 aromatic carbocycles. The second-order valence-electron chi connectivity index (χ2n) is 7.04. The second-order valence-corrected chi connectivity index (χ2v) is 8.46. The van der Waals surface area contributed by atoms with Gasteiger partial charge < -0.3 is 15.0 Å². The molecule has 0 atom stereocenters. The van der Waals surface area contributed by atoms with Crippen molar-refractivity contribution in [2.45, 2.75) is 19.8 Å². The van der Waals surface area contributed by atoms with Gasteiger partial charge in [0, 0.05) is 29.7 Å². The molecule has 0 aliphatic carbocycles. The van der Waals surface area contributed by atoms with E-state index in [0.29, 0.717) is 5.02 Å². The minimum atomic E-state index is 0.00537. The third-order valence-corrected chi connectivity index (χ3v) is 6.65. The van der Waals surface area contributed by atoms with E-state index in [1.165, 1.54) is 0 Å². The molecule has 1 aliphatic heterocycles. The summed E-state index contributed by atoms with van der Waals surface area (Å²) < 4.78 is 6.41. The van der Waals surface area contributed by atoms with Gasteiger partial charge in [-0.05, 0) is 55.7 Å². The summed E-state index contributed by atoms with van der Waals surface area (Å²) in [5.41, 5.74) is 2.74. The van der Waals surface area contributed by atoms with Gasteiger partial charge >= 0.3 is 0 Å². The molecule has 0 saturated carbocycles. The third-order valence-electron chi connectivity index (χ3n) is 5.16. The van der Waals surface area contributed by atoms with Gasteiger partial charge in [-0.3, -0.25) is 4.79 Å². The Balaban J connectivity index is 1.38. The Morgan fingerprint density at radius 1 is 1.25 bits per heavy atom. The quantitative estimate of drug-likeness (QED) is 0.642. The molecule has 7 heteroatoms. The van der Waals surface area contributed by atoms with Crippen LogP contribution in [0.1, 0.15) is 18.4 Å². The summed E-state index contributed by atoms with van der Waals surface area (Å²) in [5, 5.41) is 4.67. The van der Waals surface area contributed by atoms with Crippen molar-refractivity contribution in [3.63, 3.8) is 0 Å². The molecule has 2 heterocycles. The lowest BCUT2D eigenvalue weighted by atomic mass is 9.96. The number of rotatable bonds is 4. The number of carbonyl (C=O) groups is 1. The van der Waals surface area contributed by atoms with E-state index >= 15 is 0 Å². The first-order valence-electron chi connectivity index (χ1n) is 9.30. The number of nitrogens with one attached hydrogen (secondary N) is 1. The monoisotopic (exact) mass is 415 g/mol. The molecule has 0 radical (unpaired) electrons. The van der Waals surface area contributed by atoms with Crippen LogP contribution in [-0.2, 0) is 4.79 Å². The van der Waals surface area contributed by atoms with Gasteiger partial charge in [0.05, 0.1) is 17.3 Å². The molecular weight excluding hydrogens is 394 g/mol. The van der Waals surface area contributed by atoms with E-state index in [0.717, 1.165) is 58.3 Å². The van der Waals surface area contributed by atoms with Crippen LogP contribution < -0.4 is 15.0 Å². The zero-order valence-corrected chi connectivity index (χ0v) is 17.4. The van der Waals surface area contributed by atoms with Gasteiger partial charge in [0.15, 0.2) is 5.13 Å². The van der Waals surface area contributed by atoms with E-state index in [1.54, 1.807) is 24.5 Å². The standard InChI is InChI=1S/C21H22ClN3O2S/c1-13-3-4-15(11-17(13)22)23-20(26)14-7-9-25(10-8-14)21-24-18-6-5-16(27-2)12-19(18)28-21/h3-6,11-12,14H,7-10H2,1-2H3,(H,23,26). The van der Waals surface area contributed by atoms with Gasteiger partial charge in [0.2, 0.25) is 5.91 Å². The SMILES string of the molecule is COc1ccc2nc(N3CCC(C(=O)Nc4ccc(C)c(Cl)c4)CC3)sc2c1. The fourth-order valence-electron chi connectivity index (χ4n) is 3.40. The number of methoxy groups -OCH3 is 1. The molecule has 5 nitrogen and oxygen atoms in total. The maximum atomic E-state index is 12.6. The van der Waals surface area contributed by atoms with Crippen LogP contribution in [0.15, 0.2) is 36.4 Å². The number of carbonyl (C=O) groups excluding carboxylic acids is 1. The minimum Gasteiger partial charge on any atom is -0.497 e. The summed E-state index contributed by atoms with van der Waals surface area (Å²) in [6, 6.07) is 11.6. The van der Waals surface area contributed by atoms with Crippen molar-refractivity contribution in [1.29, 1.82) is 0 Å². The highest BCUT2D eigenvalue weighted by Gasteiger charge is 2.26. The highest BCUT2D eigenvalue weighted by Crippen LogP contribution is 2.33. The molecule has 4 rings (SSSR count). The predicted molar refractivity (Wildman–Crippen MR) is 116 cm³/mol. The van der Waals surface area contributed by atoms with E-state index < -0.39 is 0 Å². The smallest absolute Gasteiger partial charge is 0.227 e. The summed E-state index contributed by atoms with van der Waals surface area (Å²) in [7, 11) is 1.67. The van der Waals surface area contributed by atoms with Crippen molar-refractivity contribution in [1.82, 2.24) is 4.98 Å². The van der Waals surface area contributed by atoms with Crippen molar-refractivity contribution >= 4 is 49.9 Å². The maximum Gasteiger partial charge on any atom is 0.227 e. The Bertz CT molecular complexity index is 1010. The average Bonchev–Trinajstić information content (AvgIpc) is 3.14. The lowest BCUT2D eigenvalue weighted by molar-refractivity contribution is -0.120. The number of nitrogens with zero attached hydrogens (tertiary/aromatic N) is 2. The van der Waals surface area contributed by atoms with Crippen molar-refractivity contribution in [3.05, 3.63) is 47.0 Å². The summed E-state index contributed by atoms with van der Waals surface area (Å²) in [6.45, 7) is 3.59. The number of hydrogen-bond donors (Lipinski definition) is 1. The van der Waals surface area contributed by atoms with Gasteiger partial charge in [-0.2, -0.15) is 0 Å². The molecule has 0 unspecified atom stereocenters. The van der Waals surface area contributed by atoms with E-state index in [4.69, 9.17) is 21.3 Å². The van der Waals surface area contributed by atoms with Crippen LogP contribution in [0.5, 0.6) is 5.75 Å². The Labute approximate surface area is 173 Å². The van der Waals surface area contributed by atoms with Crippen LogP contribution in [0.3, 0.4) is 0 Å². The Morgan fingerprint density at radius 3 is 2.75 bits per heavy atom. The molecule has 1 aliphatic rings. The van der Waals surface area contributed by atoms with Gasteiger partial charge in [-0.1, -0.05) is 29.0 Å². The Morgan fingerprint density at radius 2 is 2.04 bits per heavy atom. The highest BCUT2D eigenvalue weighted by atomic mass is 35.5. The van der Waals surface area contributed by atoms with Crippen molar-refractivity contribution < 1.29 is 9.53 Å². The van der Waals surface area contributed by atoms with Crippen molar-refractivity contribution in [2.24, 2.45) is 5.92 Å². The van der Waals surface area contributed by atoms with Crippen LogP contribution in [0.25, 0.3) is 10.2 Å². The van der Waals surface area contributed by atoms with Gasteiger partial charge in [0.1, 0.15) is 5.75 Å². The molecular formula is C21H22ClN3O2S. The first-order chi connectivity index (χ1) is 13.5. The van der Waals surface area contributed by atoms with E-state index in [2.05, 4.69) is 10.2 Å². The van der Waals surface area contributed by atoms with Crippen molar-refractivity contribution in [3.8, 4) is 5.75 Å². The number of benzene rings is 2. The Kier molecular flexibility index (Phi) is 5.42. The number of fused-ring (bicyclic) bond motifs is 1. The second kappa shape index (κ2) is 7.97. The fourth-order valence-corrected chi connectivity index (χ4v) is 4.63. The lowest BCUT2D eigenvalue weighted by Crippen LogP contribution is -2.38. The summed E-state index contributed by atoms with van der Waals surface area (Å²) >= 11 is 7.82. The van der Waals surface area contributed by atoms with E-state index in [9.17, 15) is 4.79 Å². The maximum absolute atomic E-state index is 12.6. The fraction of sp³-hybridized carbons (Fsp3) is 0.333. The molecule has 146 valence electrons. The normalized spacial score (nSPS) is 15.0. The molecule has 1 fully saturated rings. The van der Waals surface area contributed by atoms with Gasteiger partial charge in [0.25, 0.3) is 0 Å². The van der Waals surface area contributed by atoms with Crippen LogP contribution in [0.2, 0.25) is 5.02 Å². The number of aromatic nitrogens is 1. The molecule has 1 N–H and O–H groups in total. The molecule has 0 bridgehead atoms. The summed E-state index contributed by atoms with van der Waals surface area (Å²) in [6.07, 6.45) is 1.62. The topological polar surface area (TPSA) is 54.5 Å². The molecule has 0 spiro atoms. The molecule has 1 amide bonds. The first-order valence-corrected chi connectivity index (χ1v) is 10.5. The number of halogens is 1. The zero-order chi connectivity index (χ0) is 19.7. The third kappa shape index (κ3) is 3.93. The average molecular weight is 416 g/mol. The molecule has 1 saturated heterocycles. The molecule has 1 aromatic heterocycles.